The molecule has 3 rings (SSSR count). The zero-order valence-electron chi connectivity index (χ0n) is 13.5. The maximum Gasteiger partial charge on any atom is 0.115 e. The fourth-order valence-electron chi connectivity index (χ4n) is 3.28. The van der Waals surface area contributed by atoms with E-state index >= 15 is 0 Å². The zero-order valence-corrected chi connectivity index (χ0v) is 13.5. The summed E-state index contributed by atoms with van der Waals surface area (Å²) < 4.78 is 2.17. The third-order valence-corrected chi connectivity index (χ3v) is 4.62. The highest BCUT2D eigenvalue weighted by Crippen LogP contribution is 2.28. The van der Waals surface area contributed by atoms with Gasteiger partial charge in [-0.2, -0.15) is 5.10 Å². The van der Waals surface area contributed by atoms with Crippen molar-refractivity contribution < 1.29 is 5.11 Å². The molecule has 0 unspecified atom stereocenters. The van der Waals surface area contributed by atoms with Crippen LogP contribution in [0.3, 0.4) is 0 Å². The van der Waals surface area contributed by atoms with Crippen LogP contribution >= 0.6 is 0 Å². The summed E-state index contributed by atoms with van der Waals surface area (Å²) in [6.45, 7) is 5.44. The fourth-order valence-corrected chi connectivity index (χ4v) is 3.28. The molecule has 2 heterocycles. The third kappa shape index (κ3) is 3.33. The second-order valence-electron chi connectivity index (χ2n) is 6.30. The smallest absolute Gasteiger partial charge is 0.115 e. The van der Waals surface area contributed by atoms with Crippen LogP contribution in [-0.2, 0) is 13.0 Å². The lowest BCUT2D eigenvalue weighted by molar-refractivity contribution is 0.250. The molecular weight excluding hydrogens is 274 g/mol. The molecule has 0 atom stereocenters. The highest BCUT2D eigenvalue weighted by molar-refractivity contribution is 5.29. The van der Waals surface area contributed by atoms with Crippen molar-refractivity contribution in [2.24, 2.45) is 0 Å². The predicted octanol–water partition coefficient (Wildman–Crippen LogP) is 3.01. The monoisotopic (exact) mass is 299 g/mol. The normalized spacial score (nSPS) is 17.0. The van der Waals surface area contributed by atoms with Crippen molar-refractivity contribution in [1.82, 2.24) is 14.7 Å². The van der Waals surface area contributed by atoms with Gasteiger partial charge in [0, 0.05) is 24.6 Å². The number of aromatic nitrogens is 2. The molecule has 1 aliphatic heterocycles. The minimum Gasteiger partial charge on any atom is -0.508 e. The number of rotatable bonds is 4. The molecule has 1 N–H and O–H groups in total. The minimum atomic E-state index is 0.315. The van der Waals surface area contributed by atoms with Crippen molar-refractivity contribution in [3.63, 3.8) is 0 Å². The highest BCUT2D eigenvalue weighted by Gasteiger charge is 2.22. The van der Waals surface area contributed by atoms with Gasteiger partial charge in [-0.25, -0.2) is 0 Å². The number of benzene rings is 1. The average Bonchev–Trinajstić information content (AvgIpc) is 2.93. The number of hydrogen-bond acceptors (Lipinski definition) is 3. The average molecular weight is 299 g/mol. The summed E-state index contributed by atoms with van der Waals surface area (Å²) in [5.41, 5.74) is 3.71. The standard InChI is InChI=1S/C18H25N3O/c1-3-21-18(15-8-10-20(2)11-9-15)13-16(19-21)12-14-4-6-17(22)7-5-14/h4-7,13,15,22H,3,8-12H2,1-2H3. The molecule has 4 heteroatoms. The van der Waals surface area contributed by atoms with Gasteiger partial charge in [-0.05, 0) is 63.7 Å². The summed E-state index contributed by atoms with van der Waals surface area (Å²) in [5, 5.41) is 14.2. The topological polar surface area (TPSA) is 41.3 Å². The van der Waals surface area contributed by atoms with E-state index in [0.29, 0.717) is 11.7 Å². The van der Waals surface area contributed by atoms with E-state index in [0.717, 1.165) is 18.7 Å². The molecule has 0 spiro atoms. The Kier molecular flexibility index (Phi) is 4.48. The first kappa shape index (κ1) is 15.1. The van der Waals surface area contributed by atoms with Crippen molar-refractivity contribution in [1.29, 1.82) is 0 Å². The summed E-state index contributed by atoms with van der Waals surface area (Å²) in [5.74, 6) is 0.951. The lowest BCUT2D eigenvalue weighted by atomic mass is 9.93. The lowest BCUT2D eigenvalue weighted by Gasteiger charge is -2.29. The first-order valence-electron chi connectivity index (χ1n) is 8.18. The molecular formula is C18H25N3O. The van der Waals surface area contributed by atoms with Crippen molar-refractivity contribution in [2.45, 2.75) is 38.6 Å². The van der Waals surface area contributed by atoms with Crippen LogP contribution in [0.25, 0.3) is 0 Å². The Morgan fingerprint density at radius 1 is 1.18 bits per heavy atom. The summed E-state index contributed by atoms with van der Waals surface area (Å²) in [7, 11) is 2.20. The molecule has 0 bridgehead atoms. The van der Waals surface area contributed by atoms with Gasteiger partial charge in [0.1, 0.15) is 5.75 Å². The number of likely N-dealkylation sites (tertiary alicyclic amines) is 1. The largest absolute Gasteiger partial charge is 0.508 e. The Labute approximate surface area is 132 Å². The van der Waals surface area contributed by atoms with Crippen molar-refractivity contribution >= 4 is 0 Å². The van der Waals surface area contributed by atoms with Crippen LogP contribution in [0.4, 0.5) is 0 Å². The van der Waals surface area contributed by atoms with Crippen molar-refractivity contribution in [3.05, 3.63) is 47.3 Å². The first-order valence-corrected chi connectivity index (χ1v) is 8.18. The van der Waals surface area contributed by atoms with Gasteiger partial charge in [0.05, 0.1) is 5.69 Å². The van der Waals surface area contributed by atoms with E-state index in [2.05, 4.69) is 29.6 Å². The van der Waals surface area contributed by atoms with E-state index in [9.17, 15) is 5.11 Å². The van der Waals surface area contributed by atoms with Gasteiger partial charge in [0.2, 0.25) is 0 Å². The Morgan fingerprint density at radius 3 is 2.50 bits per heavy atom. The number of nitrogens with zero attached hydrogens (tertiary/aromatic N) is 3. The first-order chi connectivity index (χ1) is 10.7. The van der Waals surface area contributed by atoms with Crippen molar-refractivity contribution in [3.8, 4) is 5.75 Å². The Bertz CT molecular complexity index is 610. The van der Waals surface area contributed by atoms with Crippen LogP contribution in [-0.4, -0.2) is 39.9 Å². The summed E-state index contributed by atoms with van der Waals surface area (Å²) in [6, 6.07) is 9.70. The molecule has 1 aromatic carbocycles. The maximum atomic E-state index is 9.38. The van der Waals surface area contributed by atoms with Gasteiger partial charge in [0.25, 0.3) is 0 Å². The molecule has 0 radical (unpaired) electrons. The predicted molar refractivity (Wildman–Crippen MR) is 88.3 cm³/mol. The molecule has 22 heavy (non-hydrogen) atoms. The quantitative estimate of drug-likeness (QED) is 0.943. The molecule has 0 amide bonds. The molecule has 1 saturated heterocycles. The molecule has 1 aromatic heterocycles. The van der Waals surface area contributed by atoms with E-state index in [1.54, 1.807) is 12.1 Å². The van der Waals surface area contributed by atoms with E-state index in [4.69, 9.17) is 5.10 Å². The lowest BCUT2D eigenvalue weighted by Crippen LogP contribution is -2.30. The molecule has 2 aromatic rings. The summed E-state index contributed by atoms with van der Waals surface area (Å²) in [4.78, 5) is 2.40. The Morgan fingerprint density at radius 2 is 1.86 bits per heavy atom. The van der Waals surface area contributed by atoms with Gasteiger partial charge >= 0.3 is 0 Å². The number of piperidine rings is 1. The van der Waals surface area contributed by atoms with Crippen LogP contribution in [0.1, 0.15) is 42.6 Å². The Balaban J connectivity index is 1.77. The zero-order chi connectivity index (χ0) is 15.5. The van der Waals surface area contributed by atoms with E-state index < -0.39 is 0 Å². The van der Waals surface area contributed by atoms with Crippen LogP contribution in [0.15, 0.2) is 30.3 Å². The van der Waals surface area contributed by atoms with Gasteiger partial charge < -0.3 is 10.0 Å². The van der Waals surface area contributed by atoms with Gasteiger partial charge in [-0.1, -0.05) is 12.1 Å². The van der Waals surface area contributed by atoms with Crippen LogP contribution in [0.5, 0.6) is 5.75 Å². The SMILES string of the molecule is CCn1nc(Cc2ccc(O)cc2)cc1C1CCN(C)CC1. The number of phenolic OH excluding ortho intramolecular Hbond substituents is 1. The van der Waals surface area contributed by atoms with Crippen LogP contribution in [0.2, 0.25) is 0 Å². The van der Waals surface area contributed by atoms with Crippen molar-refractivity contribution in [2.75, 3.05) is 20.1 Å². The number of aromatic hydroxyl groups is 1. The maximum absolute atomic E-state index is 9.38. The minimum absolute atomic E-state index is 0.315. The molecule has 118 valence electrons. The second-order valence-corrected chi connectivity index (χ2v) is 6.30. The highest BCUT2D eigenvalue weighted by atomic mass is 16.3. The number of phenols is 1. The van der Waals surface area contributed by atoms with Crippen LogP contribution in [0, 0.1) is 0 Å². The van der Waals surface area contributed by atoms with Gasteiger partial charge in [-0.15, -0.1) is 0 Å². The van der Waals surface area contributed by atoms with Crippen LogP contribution < -0.4 is 0 Å². The summed E-state index contributed by atoms with van der Waals surface area (Å²) in [6.07, 6.45) is 3.27. The number of hydrogen-bond donors (Lipinski definition) is 1. The molecule has 0 saturated carbocycles. The van der Waals surface area contributed by atoms with E-state index in [-0.39, 0.29) is 0 Å². The molecule has 1 aliphatic rings. The Hall–Kier alpha value is -1.81. The fraction of sp³-hybridized carbons (Fsp3) is 0.500. The van der Waals surface area contributed by atoms with E-state index in [1.807, 2.05) is 12.1 Å². The van der Waals surface area contributed by atoms with E-state index in [1.165, 1.54) is 37.2 Å². The number of aryl methyl sites for hydroxylation is 1. The molecule has 0 aliphatic carbocycles. The molecule has 4 nitrogen and oxygen atoms in total. The van der Waals surface area contributed by atoms with Gasteiger partial charge in [-0.3, -0.25) is 4.68 Å². The summed E-state index contributed by atoms with van der Waals surface area (Å²) >= 11 is 0. The van der Waals surface area contributed by atoms with Gasteiger partial charge in [0.15, 0.2) is 0 Å². The second kappa shape index (κ2) is 6.53. The third-order valence-electron chi connectivity index (χ3n) is 4.62. The molecule has 1 fully saturated rings.